The fraction of sp³-hybridized carbons (Fsp3) is 0.273. The van der Waals surface area contributed by atoms with E-state index in [4.69, 9.17) is 15.9 Å². The number of aliphatic hydroxyl groups is 1. The molecule has 1 saturated heterocycles. The van der Waals surface area contributed by atoms with Crippen LogP contribution in [-0.4, -0.2) is 54.0 Å². The zero-order valence-electron chi connectivity index (χ0n) is 17.1. The Kier molecular flexibility index (Phi) is 5.89. The molecule has 2 aromatic rings. The van der Waals surface area contributed by atoms with E-state index in [9.17, 15) is 19.5 Å². The number of hydrogen-bond donors (Lipinski definition) is 5. The number of nitrogens with two attached hydrogens (primary N) is 1. The van der Waals surface area contributed by atoms with Crippen molar-refractivity contribution < 1.29 is 24.2 Å². The van der Waals surface area contributed by atoms with Gasteiger partial charge in [-0.15, -0.1) is 0 Å². The molecular weight excluding hydrogens is 414 g/mol. The molecule has 32 heavy (non-hydrogen) atoms. The molecule has 2 aromatic carbocycles. The van der Waals surface area contributed by atoms with Gasteiger partial charge in [0.05, 0.1) is 13.0 Å². The summed E-state index contributed by atoms with van der Waals surface area (Å²) in [4.78, 5) is 38.6. The standard InChI is InChI=1S/C22H23N5O5/c23-20(24)12-1-4-15(5-2-12)26-21(30)18(29)19-22(31)27(7-8-32-19)16-6-3-13-10-17(28)25-11-14(13)9-16/h1-6,9,18-19,29H,7-8,10-11H2,(H3,23,24)(H,25,28)(H,26,30)/t18-,19?/m1/s1. The van der Waals surface area contributed by atoms with Gasteiger partial charge in [0.1, 0.15) is 5.84 Å². The Morgan fingerprint density at radius 2 is 1.97 bits per heavy atom. The van der Waals surface area contributed by atoms with Crippen molar-refractivity contribution in [3.8, 4) is 0 Å². The number of nitrogens with zero attached hydrogens (tertiary/aromatic N) is 1. The van der Waals surface area contributed by atoms with Crippen molar-refractivity contribution in [3.05, 3.63) is 59.2 Å². The zero-order chi connectivity index (χ0) is 22.8. The van der Waals surface area contributed by atoms with Gasteiger partial charge in [0.2, 0.25) is 5.91 Å². The molecule has 2 aliphatic heterocycles. The molecule has 6 N–H and O–H groups in total. The molecule has 3 amide bonds. The molecule has 1 unspecified atom stereocenters. The first-order valence-electron chi connectivity index (χ1n) is 10.1. The molecule has 0 saturated carbocycles. The average Bonchev–Trinajstić information content (AvgIpc) is 2.79. The number of fused-ring (bicyclic) bond motifs is 1. The third-order valence-corrected chi connectivity index (χ3v) is 5.47. The summed E-state index contributed by atoms with van der Waals surface area (Å²) >= 11 is 0. The van der Waals surface area contributed by atoms with Crippen LogP contribution in [0.3, 0.4) is 0 Å². The first-order chi connectivity index (χ1) is 15.3. The molecule has 166 valence electrons. The Bertz CT molecular complexity index is 1080. The summed E-state index contributed by atoms with van der Waals surface area (Å²) in [5, 5.41) is 23.2. The van der Waals surface area contributed by atoms with Crippen LogP contribution in [0, 0.1) is 5.41 Å². The fourth-order valence-electron chi connectivity index (χ4n) is 3.72. The van der Waals surface area contributed by atoms with E-state index < -0.39 is 24.0 Å². The van der Waals surface area contributed by atoms with Gasteiger partial charge in [-0.3, -0.25) is 19.8 Å². The molecule has 0 radical (unpaired) electrons. The Hall–Kier alpha value is -3.76. The topological polar surface area (TPSA) is 158 Å². The van der Waals surface area contributed by atoms with Gasteiger partial charge in [0.25, 0.3) is 11.8 Å². The van der Waals surface area contributed by atoms with Crippen LogP contribution < -0.4 is 21.3 Å². The summed E-state index contributed by atoms with van der Waals surface area (Å²) in [7, 11) is 0. The molecule has 0 aromatic heterocycles. The van der Waals surface area contributed by atoms with E-state index in [1.807, 2.05) is 12.1 Å². The number of ether oxygens (including phenoxy) is 1. The highest BCUT2D eigenvalue weighted by Gasteiger charge is 2.39. The lowest BCUT2D eigenvalue weighted by Gasteiger charge is -2.34. The number of amides is 3. The molecule has 2 heterocycles. The summed E-state index contributed by atoms with van der Waals surface area (Å²) in [6, 6.07) is 11.6. The minimum atomic E-state index is -1.71. The molecule has 2 atom stereocenters. The van der Waals surface area contributed by atoms with Gasteiger partial charge in [-0.05, 0) is 47.5 Å². The minimum Gasteiger partial charge on any atom is -0.384 e. The highest BCUT2D eigenvalue weighted by molar-refractivity contribution is 6.04. The number of rotatable bonds is 5. The van der Waals surface area contributed by atoms with Gasteiger partial charge in [-0.25, -0.2) is 0 Å². The Morgan fingerprint density at radius 1 is 1.22 bits per heavy atom. The minimum absolute atomic E-state index is 0.0437. The molecule has 2 aliphatic rings. The SMILES string of the molecule is N=C(N)c1ccc(NC(=O)[C@H](O)C2OCCN(c3ccc4c(c3)CNC(=O)C4)C2=O)cc1. The van der Waals surface area contributed by atoms with Crippen LogP contribution in [0.1, 0.15) is 16.7 Å². The molecule has 10 nitrogen and oxygen atoms in total. The smallest absolute Gasteiger partial charge is 0.259 e. The first kappa shape index (κ1) is 21.5. The monoisotopic (exact) mass is 437 g/mol. The van der Waals surface area contributed by atoms with E-state index >= 15 is 0 Å². The highest BCUT2D eigenvalue weighted by Crippen LogP contribution is 2.25. The highest BCUT2D eigenvalue weighted by atomic mass is 16.5. The summed E-state index contributed by atoms with van der Waals surface area (Å²) in [6.07, 6.45) is -2.77. The Balaban J connectivity index is 1.46. The maximum absolute atomic E-state index is 13.0. The number of benzene rings is 2. The quantitative estimate of drug-likeness (QED) is 0.324. The van der Waals surface area contributed by atoms with E-state index in [1.165, 1.54) is 4.90 Å². The van der Waals surface area contributed by atoms with Crippen molar-refractivity contribution in [2.24, 2.45) is 5.73 Å². The number of hydrogen-bond acceptors (Lipinski definition) is 6. The summed E-state index contributed by atoms with van der Waals surface area (Å²) < 4.78 is 5.44. The maximum atomic E-state index is 13.0. The van der Waals surface area contributed by atoms with E-state index in [0.29, 0.717) is 29.9 Å². The largest absolute Gasteiger partial charge is 0.384 e. The van der Waals surface area contributed by atoms with Crippen molar-refractivity contribution in [2.75, 3.05) is 23.4 Å². The number of nitrogen functional groups attached to an aromatic ring is 1. The number of anilines is 2. The van der Waals surface area contributed by atoms with Gasteiger partial charge in [0.15, 0.2) is 12.2 Å². The van der Waals surface area contributed by atoms with Crippen LogP contribution in [0.25, 0.3) is 0 Å². The third kappa shape index (κ3) is 4.32. The predicted molar refractivity (Wildman–Crippen MR) is 116 cm³/mol. The maximum Gasteiger partial charge on any atom is 0.259 e. The van der Waals surface area contributed by atoms with Crippen molar-refractivity contribution in [2.45, 2.75) is 25.2 Å². The molecule has 1 fully saturated rings. The number of amidine groups is 1. The molecule has 0 bridgehead atoms. The predicted octanol–water partition coefficient (Wildman–Crippen LogP) is -0.126. The second-order valence-electron chi connectivity index (χ2n) is 7.61. The van der Waals surface area contributed by atoms with E-state index in [2.05, 4.69) is 10.6 Å². The lowest BCUT2D eigenvalue weighted by Crippen LogP contribution is -2.55. The van der Waals surface area contributed by atoms with Crippen molar-refractivity contribution in [1.29, 1.82) is 5.41 Å². The Labute approximate surface area is 183 Å². The van der Waals surface area contributed by atoms with E-state index in [0.717, 1.165) is 11.1 Å². The van der Waals surface area contributed by atoms with Gasteiger partial charge in [-0.1, -0.05) is 6.07 Å². The normalized spacial score (nSPS) is 19.0. The van der Waals surface area contributed by atoms with Crippen LogP contribution >= 0.6 is 0 Å². The van der Waals surface area contributed by atoms with Gasteiger partial charge < -0.3 is 31.1 Å². The molecular formula is C22H23N5O5. The second kappa shape index (κ2) is 8.77. The zero-order valence-corrected chi connectivity index (χ0v) is 17.1. The van der Waals surface area contributed by atoms with Crippen molar-refractivity contribution in [3.63, 3.8) is 0 Å². The van der Waals surface area contributed by atoms with Crippen molar-refractivity contribution >= 4 is 34.9 Å². The number of morpholine rings is 1. The van der Waals surface area contributed by atoms with Crippen LogP contribution in [0.15, 0.2) is 42.5 Å². The second-order valence-corrected chi connectivity index (χ2v) is 7.61. The fourth-order valence-corrected chi connectivity index (χ4v) is 3.72. The summed E-state index contributed by atoms with van der Waals surface area (Å²) in [6.45, 7) is 0.820. The summed E-state index contributed by atoms with van der Waals surface area (Å²) in [5.74, 6) is -1.45. The van der Waals surface area contributed by atoms with Crippen molar-refractivity contribution in [1.82, 2.24) is 5.32 Å². The third-order valence-electron chi connectivity index (χ3n) is 5.47. The number of aliphatic hydroxyl groups excluding tert-OH is 1. The molecule has 0 spiro atoms. The number of carbonyl (C=O) groups is 3. The van der Waals surface area contributed by atoms with E-state index in [1.54, 1.807) is 30.3 Å². The van der Waals surface area contributed by atoms with Crippen LogP contribution in [-0.2, 0) is 32.1 Å². The summed E-state index contributed by atoms with van der Waals surface area (Å²) in [5.41, 5.74) is 8.73. The van der Waals surface area contributed by atoms with E-state index in [-0.39, 0.29) is 24.9 Å². The van der Waals surface area contributed by atoms with Crippen LogP contribution in [0.5, 0.6) is 0 Å². The lowest BCUT2D eigenvalue weighted by atomic mass is 9.99. The number of nitrogens with one attached hydrogen (secondary N) is 3. The Morgan fingerprint density at radius 3 is 2.69 bits per heavy atom. The number of carbonyl (C=O) groups excluding carboxylic acids is 3. The van der Waals surface area contributed by atoms with Crippen LogP contribution in [0.2, 0.25) is 0 Å². The van der Waals surface area contributed by atoms with Gasteiger partial charge >= 0.3 is 0 Å². The average molecular weight is 437 g/mol. The molecule has 10 heteroatoms. The van der Waals surface area contributed by atoms with Gasteiger partial charge in [0, 0.05) is 30.0 Å². The first-order valence-corrected chi connectivity index (χ1v) is 10.1. The van der Waals surface area contributed by atoms with Crippen LogP contribution in [0.4, 0.5) is 11.4 Å². The lowest BCUT2D eigenvalue weighted by molar-refractivity contribution is -0.150. The molecule has 4 rings (SSSR count). The molecule has 0 aliphatic carbocycles. The van der Waals surface area contributed by atoms with Gasteiger partial charge in [-0.2, -0.15) is 0 Å².